The molecule has 148 valence electrons. The Morgan fingerprint density at radius 3 is 2.72 bits per heavy atom. The minimum Gasteiger partial charge on any atom is -0.497 e. The number of unbranched alkanes of at least 4 members (excludes halogenated alkanes) is 1. The molecule has 0 N–H and O–H groups in total. The highest BCUT2D eigenvalue weighted by Gasteiger charge is 2.37. The van der Waals surface area contributed by atoms with Crippen LogP contribution >= 0.6 is 11.3 Å². The summed E-state index contributed by atoms with van der Waals surface area (Å²) in [6, 6.07) is 15.4. The lowest BCUT2D eigenvalue weighted by molar-refractivity contribution is -0.118. The van der Waals surface area contributed by atoms with Gasteiger partial charge in [-0.25, -0.2) is 4.98 Å². The minimum absolute atomic E-state index is 0.130. The SMILES string of the molecule is CCCCN=CC1C(=O)N(c2nc3ccccc3s2)N=C1c1ccc(OC)cc1. The second kappa shape index (κ2) is 8.53. The molecule has 29 heavy (non-hydrogen) atoms. The first-order valence-corrected chi connectivity index (χ1v) is 10.5. The number of para-hydroxylation sites is 1. The standard InChI is InChI=1S/C22H22N4O2S/c1-3-4-13-23-14-17-20(15-9-11-16(28-2)12-10-15)25-26(21(17)27)22-24-18-7-5-6-8-19(18)29-22/h5-12,14,17H,3-4,13H2,1-2H3. The zero-order valence-corrected chi connectivity index (χ0v) is 17.2. The van der Waals surface area contributed by atoms with Crippen molar-refractivity contribution in [3.8, 4) is 5.75 Å². The molecule has 2 aromatic carbocycles. The average molecular weight is 407 g/mol. The number of hydrazone groups is 1. The number of thiazole rings is 1. The molecule has 1 amide bonds. The lowest BCUT2D eigenvalue weighted by Crippen LogP contribution is -2.28. The van der Waals surface area contributed by atoms with Crippen LogP contribution in [0, 0.1) is 5.92 Å². The van der Waals surface area contributed by atoms with Crippen LogP contribution in [-0.4, -0.2) is 36.5 Å². The molecule has 0 aliphatic carbocycles. The highest BCUT2D eigenvalue weighted by atomic mass is 32.1. The predicted molar refractivity (Wildman–Crippen MR) is 118 cm³/mol. The van der Waals surface area contributed by atoms with Crippen LogP contribution in [0.5, 0.6) is 5.75 Å². The van der Waals surface area contributed by atoms with Gasteiger partial charge in [0.2, 0.25) is 5.13 Å². The maximum atomic E-state index is 13.2. The quantitative estimate of drug-likeness (QED) is 0.427. The number of aromatic nitrogens is 1. The van der Waals surface area contributed by atoms with Crippen LogP contribution < -0.4 is 9.75 Å². The van der Waals surface area contributed by atoms with Gasteiger partial charge in [-0.2, -0.15) is 10.1 Å². The van der Waals surface area contributed by atoms with Gasteiger partial charge in [0, 0.05) is 12.8 Å². The van der Waals surface area contributed by atoms with E-state index in [4.69, 9.17) is 4.74 Å². The zero-order chi connectivity index (χ0) is 20.2. The van der Waals surface area contributed by atoms with E-state index in [2.05, 4.69) is 22.0 Å². The highest BCUT2D eigenvalue weighted by molar-refractivity contribution is 7.22. The Hall–Kier alpha value is -3.06. The molecular formula is C22H22N4O2S. The second-order valence-electron chi connectivity index (χ2n) is 6.71. The number of aliphatic imine (C=N–C) groups is 1. The van der Waals surface area contributed by atoms with E-state index < -0.39 is 5.92 Å². The molecule has 7 heteroatoms. The summed E-state index contributed by atoms with van der Waals surface area (Å²) < 4.78 is 6.27. The Kier molecular flexibility index (Phi) is 5.67. The summed E-state index contributed by atoms with van der Waals surface area (Å²) in [6.07, 6.45) is 3.79. The highest BCUT2D eigenvalue weighted by Crippen LogP contribution is 2.33. The van der Waals surface area contributed by atoms with Gasteiger partial charge in [0.1, 0.15) is 11.7 Å². The number of methoxy groups -OCH3 is 1. The van der Waals surface area contributed by atoms with Gasteiger partial charge in [0.25, 0.3) is 5.91 Å². The third kappa shape index (κ3) is 3.91. The third-order valence-electron chi connectivity index (χ3n) is 4.72. The number of amides is 1. The van der Waals surface area contributed by atoms with Gasteiger partial charge < -0.3 is 4.74 Å². The van der Waals surface area contributed by atoms with E-state index in [1.807, 2.05) is 48.5 Å². The molecule has 0 fully saturated rings. The molecule has 0 saturated carbocycles. The van der Waals surface area contributed by atoms with Crippen LogP contribution in [0.4, 0.5) is 5.13 Å². The van der Waals surface area contributed by atoms with Crippen LogP contribution in [0.25, 0.3) is 10.2 Å². The molecule has 0 radical (unpaired) electrons. The average Bonchev–Trinajstić information content (AvgIpc) is 3.32. The first-order valence-electron chi connectivity index (χ1n) is 9.63. The van der Waals surface area contributed by atoms with Gasteiger partial charge >= 0.3 is 0 Å². The van der Waals surface area contributed by atoms with Gasteiger partial charge in [-0.1, -0.05) is 36.8 Å². The van der Waals surface area contributed by atoms with Crippen molar-refractivity contribution in [2.45, 2.75) is 19.8 Å². The lowest BCUT2D eigenvalue weighted by Gasteiger charge is -2.08. The number of nitrogens with zero attached hydrogens (tertiary/aromatic N) is 4. The van der Waals surface area contributed by atoms with Gasteiger partial charge in [-0.3, -0.25) is 9.79 Å². The van der Waals surface area contributed by atoms with Crippen molar-refractivity contribution >= 4 is 44.5 Å². The fraction of sp³-hybridized carbons (Fsp3) is 0.273. The summed E-state index contributed by atoms with van der Waals surface area (Å²) in [5.41, 5.74) is 2.41. The van der Waals surface area contributed by atoms with Gasteiger partial charge in [0.15, 0.2) is 0 Å². The van der Waals surface area contributed by atoms with Crippen LogP contribution in [0.1, 0.15) is 25.3 Å². The number of carbonyl (C=O) groups excluding carboxylic acids is 1. The molecule has 0 saturated heterocycles. The second-order valence-corrected chi connectivity index (χ2v) is 7.72. The maximum Gasteiger partial charge on any atom is 0.264 e. The molecule has 3 aromatic rings. The maximum absolute atomic E-state index is 13.2. The summed E-state index contributed by atoms with van der Waals surface area (Å²) in [5.74, 6) is 0.109. The van der Waals surface area contributed by atoms with Gasteiger partial charge in [0.05, 0.1) is 23.0 Å². The van der Waals surface area contributed by atoms with Crippen LogP contribution in [0.15, 0.2) is 58.6 Å². The normalized spacial score (nSPS) is 16.8. The van der Waals surface area contributed by atoms with E-state index in [1.54, 1.807) is 13.3 Å². The predicted octanol–water partition coefficient (Wildman–Crippen LogP) is 4.54. The minimum atomic E-state index is -0.521. The van der Waals surface area contributed by atoms with Gasteiger partial charge in [-0.15, -0.1) is 0 Å². The largest absolute Gasteiger partial charge is 0.497 e. The molecule has 1 aliphatic heterocycles. The van der Waals surface area contributed by atoms with Crippen LogP contribution in [-0.2, 0) is 4.79 Å². The molecular weight excluding hydrogens is 384 g/mol. The summed E-state index contributed by atoms with van der Waals surface area (Å²) in [7, 11) is 1.63. The Labute approximate surface area is 173 Å². The number of anilines is 1. The first kappa shape index (κ1) is 19.3. The molecule has 4 rings (SSSR count). The van der Waals surface area contributed by atoms with Crippen molar-refractivity contribution in [3.63, 3.8) is 0 Å². The zero-order valence-electron chi connectivity index (χ0n) is 16.4. The summed E-state index contributed by atoms with van der Waals surface area (Å²) in [5, 5.41) is 6.65. The number of benzene rings is 2. The monoisotopic (exact) mass is 406 g/mol. The van der Waals surface area contributed by atoms with Crippen LogP contribution in [0.2, 0.25) is 0 Å². The van der Waals surface area contributed by atoms with E-state index in [0.717, 1.165) is 34.4 Å². The molecule has 0 bridgehead atoms. The van der Waals surface area contributed by atoms with Crippen molar-refractivity contribution in [2.75, 3.05) is 18.7 Å². The van der Waals surface area contributed by atoms with E-state index in [0.29, 0.717) is 17.4 Å². The van der Waals surface area contributed by atoms with E-state index >= 15 is 0 Å². The van der Waals surface area contributed by atoms with Crippen molar-refractivity contribution in [3.05, 3.63) is 54.1 Å². The van der Waals surface area contributed by atoms with E-state index in [-0.39, 0.29) is 5.91 Å². The molecule has 1 unspecified atom stereocenters. The third-order valence-corrected chi connectivity index (χ3v) is 5.73. The van der Waals surface area contributed by atoms with Crippen molar-refractivity contribution in [1.29, 1.82) is 0 Å². The number of rotatable bonds is 7. The van der Waals surface area contributed by atoms with Crippen molar-refractivity contribution in [1.82, 2.24) is 4.98 Å². The Balaban J connectivity index is 1.70. The topological polar surface area (TPSA) is 67.2 Å². The number of hydrogen-bond donors (Lipinski definition) is 0. The fourth-order valence-corrected chi connectivity index (χ4v) is 4.04. The molecule has 1 aromatic heterocycles. The Bertz CT molecular complexity index is 1040. The molecule has 0 spiro atoms. The molecule has 2 heterocycles. The number of ether oxygens (including phenoxy) is 1. The number of carbonyl (C=O) groups is 1. The molecule has 1 aliphatic rings. The molecule has 6 nitrogen and oxygen atoms in total. The fourth-order valence-electron chi connectivity index (χ4n) is 3.12. The van der Waals surface area contributed by atoms with E-state index in [9.17, 15) is 4.79 Å². The smallest absolute Gasteiger partial charge is 0.264 e. The Morgan fingerprint density at radius 2 is 2.00 bits per heavy atom. The number of fused-ring (bicyclic) bond motifs is 1. The van der Waals surface area contributed by atoms with Crippen LogP contribution in [0.3, 0.4) is 0 Å². The van der Waals surface area contributed by atoms with E-state index in [1.165, 1.54) is 16.3 Å². The first-order chi connectivity index (χ1) is 14.2. The van der Waals surface area contributed by atoms with Crippen molar-refractivity contribution in [2.24, 2.45) is 16.0 Å². The van der Waals surface area contributed by atoms with Gasteiger partial charge in [-0.05, 0) is 48.4 Å². The summed E-state index contributed by atoms with van der Waals surface area (Å²) >= 11 is 1.46. The molecule has 1 atom stereocenters. The summed E-state index contributed by atoms with van der Waals surface area (Å²) in [4.78, 5) is 22.3. The van der Waals surface area contributed by atoms with Crippen molar-refractivity contribution < 1.29 is 9.53 Å². The Morgan fingerprint density at radius 1 is 1.21 bits per heavy atom. The number of hydrogen-bond acceptors (Lipinski definition) is 6. The summed E-state index contributed by atoms with van der Waals surface area (Å²) in [6.45, 7) is 2.83. The lowest BCUT2D eigenvalue weighted by atomic mass is 9.98.